The highest BCUT2D eigenvalue weighted by molar-refractivity contribution is 5.76. The van der Waals surface area contributed by atoms with Crippen LogP contribution in [-0.4, -0.2) is 95.0 Å². The Morgan fingerprint density at radius 3 is 1.50 bits per heavy atom. The summed E-state index contributed by atoms with van der Waals surface area (Å²) in [4.78, 5) is 40.5. The van der Waals surface area contributed by atoms with Crippen LogP contribution in [0.4, 0.5) is 39.5 Å². The Morgan fingerprint density at radius 1 is 0.895 bits per heavy atom. The SMILES string of the molecule is NCCNCC(N)CCCN=C(N)N[N+](=O)[O-].O=C(O)C(F)(F)F.O=C(O)C(F)(F)F.O=C(O)C(F)(F)F. The van der Waals surface area contributed by atoms with Crippen molar-refractivity contribution in [1.29, 1.82) is 0 Å². The van der Waals surface area contributed by atoms with Crippen LogP contribution in [0.3, 0.4) is 0 Å². The molecule has 0 heterocycles. The van der Waals surface area contributed by atoms with Crippen LogP contribution in [0, 0.1) is 10.1 Å². The normalized spacial score (nSPS) is 12.2. The fraction of sp³-hybridized carbons (Fsp3) is 0.714. The summed E-state index contributed by atoms with van der Waals surface area (Å²) in [6.45, 7) is 2.44. The Morgan fingerprint density at radius 2 is 1.24 bits per heavy atom. The van der Waals surface area contributed by atoms with Crippen molar-refractivity contribution in [2.24, 2.45) is 22.2 Å². The number of hydrogen-bond acceptors (Lipinski definition) is 9. The van der Waals surface area contributed by atoms with E-state index in [0.717, 1.165) is 19.4 Å². The fourth-order valence-corrected chi connectivity index (χ4v) is 1.17. The Hall–Kier alpha value is -3.67. The average Bonchev–Trinajstić information content (AvgIpc) is 2.70. The van der Waals surface area contributed by atoms with Crippen LogP contribution in [0.25, 0.3) is 0 Å². The summed E-state index contributed by atoms with van der Waals surface area (Å²) in [5, 5.41) is 33.7. The molecular formula is C14H24F9N7O8. The van der Waals surface area contributed by atoms with Gasteiger partial charge in [-0.05, 0) is 12.8 Å². The second-order valence-corrected chi connectivity index (χ2v) is 5.94. The van der Waals surface area contributed by atoms with Crippen molar-refractivity contribution in [3.63, 3.8) is 0 Å². The number of aliphatic carboxylic acids is 3. The molecule has 226 valence electrons. The van der Waals surface area contributed by atoms with Gasteiger partial charge in [0.15, 0.2) is 5.03 Å². The van der Waals surface area contributed by atoms with Crippen LogP contribution < -0.4 is 27.9 Å². The van der Waals surface area contributed by atoms with Crippen LogP contribution in [0.15, 0.2) is 4.99 Å². The van der Waals surface area contributed by atoms with Crippen molar-refractivity contribution in [2.75, 3.05) is 26.2 Å². The fourth-order valence-electron chi connectivity index (χ4n) is 1.17. The molecule has 0 bridgehead atoms. The van der Waals surface area contributed by atoms with Gasteiger partial charge in [0.2, 0.25) is 0 Å². The molecule has 0 saturated heterocycles. The van der Waals surface area contributed by atoms with Crippen molar-refractivity contribution in [3.8, 4) is 0 Å². The second kappa shape index (κ2) is 20.4. The summed E-state index contributed by atoms with van der Waals surface area (Å²) < 4.78 is 95.2. The minimum atomic E-state index is -5.08. The summed E-state index contributed by atoms with van der Waals surface area (Å²) >= 11 is 0. The highest BCUT2D eigenvalue weighted by Gasteiger charge is 2.39. The molecule has 0 aliphatic carbocycles. The summed E-state index contributed by atoms with van der Waals surface area (Å²) in [7, 11) is 0. The zero-order chi connectivity index (χ0) is 31.3. The molecule has 1 unspecified atom stereocenters. The van der Waals surface area contributed by atoms with Crippen LogP contribution in [0.5, 0.6) is 0 Å². The van der Waals surface area contributed by atoms with Gasteiger partial charge in [0, 0.05) is 32.2 Å². The lowest BCUT2D eigenvalue weighted by Gasteiger charge is -2.11. The number of nitro groups is 1. The quantitative estimate of drug-likeness (QED) is 0.0427. The summed E-state index contributed by atoms with van der Waals surface area (Å²) in [5.74, 6) is -8.46. The summed E-state index contributed by atoms with van der Waals surface area (Å²) in [6, 6.07) is 0.0291. The molecule has 0 aromatic carbocycles. The van der Waals surface area contributed by atoms with Gasteiger partial charge < -0.3 is 37.8 Å². The van der Waals surface area contributed by atoms with E-state index in [9.17, 15) is 49.6 Å². The number of nitrogens with zero attached hydrogens (tertiary/aromatic N) is 2. The molecule has 0 fully saturated rings. The average molecular weight is 589 g/mol. The van der Waals surface area contributed by atoms with Gasteiger partial charge in [0.1, 0.15) is 0 Å². The Labute approximate surface area is 205 Å². The van der Waals surface area contributed by atoms with E-state index in [1.165, 1.54) is 0 Å². The van der Waals surface area contributed by atoms with Crippen molar-refractivity contribution in [2.45, 2.75) is 37.4 Å². The van der Waals surface area contributed by atoms with Crippen LogP contribution in [0.2, 0.25) is 0 Å². The maximum absolute atomic E-state index is 10.6. The molecule has 0 aliphatic rings. The van der Waals surface area contributed by atoms with E-state index in [4.69, 9.17) is 46.9 Å². The topological polar surface area (TPSA) is 270 Å². The summed E-state index contributed by atoms with van der Waals surface area (Å²) in [5.41, 5.74) is 18.1. The molecule has 1 atom stereocenters. The van der Waals surface area contributed by atoms with Crippen molar-refractivity contribution in [1.82, 2.24) is 10.7 Å². The number of carbonyl (C=O) groups is 3. The monoisotopic (exact) mass is 589 g/mol. The van der Waals surface area contributed by atoms with Gasteiger partial charge in [0.25, 0.3) is 5.96 Å². The number of alkyl halides is 9. The van der Waals surface area contributed by atoms with Gasteiger partial charge in [-0.1, -0.05) is 5.43 Å². The molecule has 0 aromatic rings. The predicted molar refractivity (Wildman–Crippen MR) is 107 cm³/mol. The van der Waals surface area contributed by atoms with Crippen molar-refractivity contribution in [3.05, 3.63) is 10.1 Å². The Kier molecular flexibility index (Phi) is 22.3. The van der Waals surface area contributed by atoms with Crippen molar-refractivity contribution >= 4 is 23.9 Å². The Balaban J connectivity index is -0.000000228. The first-order valence-corrected chi connectivity index (χ1v) is 9.17. The first-order valence-electron chi connectivity index (χ1n) is 9.17. The zero-order valence-corrected chi connectivity index (χ0v) is 18.7. The second-order valence-electron chi connectivity index (χ2n) is 5.94. The van der Waals surface area contributed by atoms with E-state index in [1.54, 1.807) is 5.43 Å². The van der Waals surface area contributed by atoms with E-state index in [2.05, 4.69) is 10.3 Å². The lowest BCUT2D eigenvalue weighted by molar-refractivity contribution is -0.525. The van der Waals surface area contributed by atoms with Gasteiger partial charge in [-0.3, -0.25) is 0 Å². The molecule has 38 heavy (non-hydrogen) atoms. The minimum Gasteiger partial charge on any atom is -0.475 e. The minimum absolute atomic E-state index is 0.0291. The van der Waals surface area contributed by atoms with E-state index < -0.39 is 41.5 Å². The van der Waals surface area contributed by atoms with Gasteiger partial charge >= 0.3 is 36.4 Å². The summed E-state index contributed by atoms with van der Waals surface area (Å²) in [6.07, 6.45) is -13.8. The largest absolute Gasteiger partial charge is 0.490 e. The lowest BCUT2D eigenvalue weighted by Crippen LogP contribution is -2.37. The molecule has 0 radical (unpaired) electrons. The standard InChI is InChI=1S/C8H21N7O2.3C2HF3O2/c9-3-5-12-6-7(10)2-1-4-13-8(11)14-15(16)17;3*3-2(4,5)1(6)7/h7,12H,1-6,9-10H2,(H3,11,13,14);3*(H,6,7). The van der Waals surface area contributed by atoms with Gasteiger partial charge in [0.05, 0.1) is 0 Å². The van der Waals surface area contributed by atoms with E-state index in [0.29, 0.717) is 19.6 Å². The third-order valence-electron chi connectivity index (χ3n) is 2.68. The molecule has 0 saturated carbocycles. The third kappa shape index (κ3) is 34.5. The number of hydrogen-bond donors (Lipinski definition) is 8. The maximum atomic E-state index is 10.6. The number of guanidine groups is 1. The number of aliphatic imine (C=N–C) groups is 1. The molecule has 0 rings (SSSR count). The lowest BCUT2D eigenvalue weighted by atomic mass is 10.1. The molecule has 0 amide bonds. The number of hydrazine groups is 1. The van der Waals surface area contributed by atoms with Crippen LogP contribution >= 0.6 is 0 Å². The van der Waals surface area contributed by atoms with E-state index in [-0.39, 0.29) is 12.0 Å². The van der Waals surface area contributed by atoms with E-state index in [1.807, 2.05) is 0 Å². The maximum Gasteiger partial charge on any atom is 0.490 e. The molecule has 0 aliphatic heterocycles. The number of carboxylic acids is 3. The predicted octanol–water partition coefficient (Wildman–Crippen LogP) is -0.362. The van der Waals surface area contributed by atoms with E-state index >= 15 is 0 Å². The number of carboxylic acid groups (broad SMARTS) is 3. The van der Waals surface area contributed by atoms with Crippen LogP contribution in [-0.2, 0) is 14.4 Å². The van der Waals surface area contributed by atoms with Gasteiger partial charge in [-0.15, -0.1) is 0 Å². The molecular weight excluding hydrogens is 565 g/mol. The highest BCUT2D eigenvalue weighted by Crippen LogP contribution is 2.14. The van der Waals surface area contributed by atoms with Crippen LogP contribution in [0.1, 0.15) is 12.8 Å². The Bertz CT molecular complexity index is 690. The first kappa shape index (κ1) is 41.5. The number of nitrogens with two attached hydrogens (primary N) is 3. The molecule has 0 spiro atoms. The molecule has 15 nitrogen and oxygen atoms in total. The molecule has 24 heteroatoms. The number of rotatable bonds is 9. The third-order valence-corrected chi connectivity index (χ3v) is 2.68. The zero-order valence-electron chi connectivity index (χ0n) is 18.7. The number of halogens is 9. The molecule has 0 aromatic heterocycles. The van der Waals surface area contributed by atoms with Crippen molar-refractivity contribution < 1.29 is 74.2 Å². The highest BCUT2D eigenvalue weighted by atomic mass is 19.4. The smallest absolute Gasteiger partial charge is 0.475 e. The first-order chi connectivity index (χ1) is 16.9. The number of nitrogens with one attached hydrogen (secondary N) is 2. The van der Waals surface area contributed by atoms with Gasteiger partial charge in [-0.25, -0.2) is 29.5 Å². The van der Waals surface area contributed by atoms with Gasteiger partial charge in [-0.2, -0.15) is 39.5 Å². The molecule has 11 N–H and O–H groups in total.